The maximum absolute atomic E-state index is 12.7. The molecule has 0 spiro atoms. The zero-order chi connectivity index (χ0) is 16.4. The van der Waals surface area contributed by atoms with Crippen molar-refractivity contribution in [2.45, 2.75) is 20.1 Å². The SMILES string of the molecule is CCOC(OCC)C(=O)C1=CC=C2C(=Cc3ccccc32)C1=O. The standard InChI is InChI=1S/C19H18O4/c1-3-22-19(23-4-2)18(21)15-10-9-14-13-8-6-5-7-12(13)11-16(14)17(15)20/h5-11,19H,3-4H2,1-2H3. The van der Waals surface area contributed by atoms with Gasteiger partial charge in [-0.05, 0) is 42.7 Å². The van der Waals surface area contributed by atoms with E-state index in [9.17, 15) is 9.59 Å². The van der Waals surface area contributed by atoms with Crippen molar-refractivity contribution in [2.24, 2.45) is 0 Å². The van der Waals surface area contributed by atoms with Crippen LogP contribution in [0.3, 0.4) is 0 Å². The summed E-state index contributed by atoms with van der Waals surface area (Å²) in [6.45, 7) is 4.25. The molecule has 23 heavy (non-hydrogen) atoms. The first-order valence-corrected chi connectivity index (χ1v) is 7.73. The van der Waals surface area contributed by atoms with E-state index >= 15 is 0 Å². The van der Waals surface area contributed by atoms with Gasteiger partial charge in [-0.15, -0.1) is 0 Å². The van der Waals surface area contributed by atoms with Crippen LogP contribution in [0.2, 0.25) is 0 Å². The van der Waals surface area contributed by atoms with E-state index in [0.29, 0.717) is 18.8 Å². The molecule has 0 aromatic heterocycles. The molecule has 2 aliphatic rings. The molecule has 4 heteroatoms. The van der Waals surface area contributed by atoms with E-state index < -0.39 is 12.1 Å². The van der Waals surface area contributed by atoms with E-state index in [4.69, 9.17) is 9.47 Å². The van der Waals surface area contributed by atoms with Gasteiger partial charge in [0.2, 0.25) is 12.1 Å². The monoisotopic (exact) mass is 310 g/mol. The summed E-state index contributed by atoms with van der Waals surface area (Å²) in [4.78, 5) is 25.3. The Morgan fingerprint density at radius 2 is 1.74 bits per heavy atom. The Hall–Kier alpha value is -2.30. The molecular formula is C19H18O4. The Morgan fingerprint density at radius 3 is 2.43 bits per heavy atom. The number of carbonyl (C=O) groups is 2. The molecule has 118 valence electrons. The Kier molecular flexibility index (Phi) is 4.37. The van der Waals surface area contributed by atoms with Crippen LogP contribution in [0.15, 0.2) is 47.6 Å². The summed E-state index contributed by atoms with van der Waals surface area (Å²) in [6.07, 6.45) is 4.20. The van der Waals surface area contributed by atoms with Crippen molar-refractivity contribution in [2.75, 3.05) is 13.2 Å². The third-order valence-corrected chi connectivity index (χ3v) is 3.86. The molecular weight excluding hydrogens is 292 g/mol. The van der Waals surface area contributed by atoms with E-state index in [0.717, 1.165) is 16.7 Å². The average molecular weight is 310 g/mol. The van der Waals surface area contributed by atoms with Crippen LogP contribution in [-0.2, 0) is 19.1 Å². The fourth-order valence-electron chi connectivity index (χ4n) is 2.82. The largest absolute Gasteiger partial charge is 0.346 e. The molecule has 0 fully saturated rings. The summed E-state index contributed by atoms with van der Waals surface area (Å²) in [5.74, 6) is -0.695. The lowest BCUT2D eigenvalue weighted by Crippen LogP contribution is -2.32. The van der Waals surface area contributed by atoms with Gasteiger partial charge in [0.1, 0.15) is 0 Å². The topological polar surface area (TPSA) is 52.6 Å². The minimum absolute atomic E-state index is 0.111. The number of allylic oxidation sites excluding steroid dienone is 4. The summed E-state index contributed by atoms with van der Waals surface area (Å²) >= 11 is 0. The second-order valence-electron chi connectivity index (χ2n) is 5.24. The molecule has 2 aliphatic carbocycles. The third kappa shape index (κ3) is 2.71. The predicted molar refractivity (Wildman–Crippen MR) is 87.5 cm³/mol. The van der Waals surface area contributed by atoms with Gasteiger partial charge < -0.3 is 9.47 Å². The van der Waals surface area contributed by atoms with Gasteiger partial charge in [0.05, 0.1) is 5.57 Å². The Bertz CT molecular complexity index is 746. The van der Waals surface area contributed by atoms with Crippen molar-refractivity contribution >= 4 is 23.2 Å². The molecule has 0 unspecified atom stereocenters. The van der Waals surface area contributed by atoms with E-state index in [-0.39, 0.29) is 11.4 Å². The average Bonchev–Trinajstić information content (AvgIpc) is 2.94. The molecule has 0 saturated heterocycles. The number of rotatable bonds is 6. The molecule has 0 aliphatic heterocycles. The first-order valence-electron chi connectivity index (χ1n) is 7.73. The van der Waals surface area contributed by atoms with Crippen LogP contribution in [0.1, 0.15) is 25.0 Å². The highest BCUT2D eigenvalue weighted by atomic mass is 16.7. The number of fused-ring (bicyclic) bond motifs is 3. The number of carbonyl (C=O) groups excluding carboxylic acids is 2. The summed E-state index contributed by atoms with van der Waals surface area (Å²) in [6, 6.07) is 7.80. The number of Topliss-reactive ketones (excluding diaryl/α,β-unsaturated/α-hetero) is 2. The van der Waals surface area contributed by atoms with Gasteiger partial charge >= 0.3 is 0 Å². The van der Waals surface area contributed by atoms with E-state index in [2.05, 4.69) is 0 Å². The van der Waals surface area contributed by atoms with Crippen molar-refractivity contribution in [3.63, 3.8) is 0 Å². The van der Waals surface area contributed by atoms with Crippen LogP contribution in [0, 0.1) is 0 Å². The highest BCUT2D eigenvalue weighted by Gasteiger charge is 2.34. The second kappa shape index (κ2) is 6.44. The number of ether oxygens (including phenoxy) is 2. The third-order valence-electron chi connectivity index (χ3n) is 3.86. The van der Waals surface area contributed by atoms with Crippen LogP contribution in [0.4, 0.5) is 0 Å². The van der Waals surface area contributed by atoms with Crippen molar-refractivity contribution in [3.05, 3.63) is 58.7 Å². The van der Waals surface area contributed by atoms with Crippen molar-refractivity contribution < 1.29 is 19.1 Å². The Morgan fingerprint density at radius 1 is 1.04 bits per heavy atom. The molecule has 0 amide bonds. The fourth-order valence-corrected chi connectivity index (χ4v) is 2.82. The molecule has 0 atom stereocenters. The molecule has 4 nitrogen and oxygen atoms in total. The fraction of sp³-hybridized carbons (Fsp3) is 0.263. The van der Waals surface area contributed by atoms with Crippen LogP contribution in [-0.4, -0.2) is 31.1 Å². The minimum Gasteiger partial charge on any atom is -0.346 e. The van der Waals surface area contributed by atoms with Crippen LogP contribution >= 0.6 is 0 Å². The molecule has 0 heterocycles. The van der Waals surface area contributed by atoms with Gasteiger partial charge in [-0.1, -0.05) is 30.3 Å². The molecule has 1 aromatic carbocycles. The molecule has 3 rings (SSSR count). The Balaban J connectivity index is 1.93. The Labute approximate surface area is 135 Å². The van der Waals surface area contributed by atoms with Gasteiger partial charge in [0, 0.05) is 18.8 Å². The van der Waals surface area contributed by atoms with Crippen LogP contribution < -0.4 is 0 Å². The van der Waals surface area contributed by atoms with E-state index in [1.54, 1.807) is 19.9 Å². The lowest BCUT2D eigenvalue weighted by atomic mass is 9.89. The van der Waals surface area contributed by atoms with Crippen molar-refractivity contribution in [1.29, 1.82) is 0 Å². The number of hydrogen-bond donors (Lipinski definition) is 0. The minimum atomic E-state index is -1.03. The molecule has 0 N–H and O–H groups in total. The van der Waals surface area contributed by atoms with E-state index in [1.807, 2.05) is 36.4 Å². The van der Waals surface area contributed by atoms with Crippen molar-refractivity contribution in [1.82, 2.24) is 0 Å². The maximum Gasteiger partial charge on any atom is 0.222 e. The number of ketones is 2. The first kappa shape index (κ1) is 15.6. The highest BCUT2D eigenvalue weighted by molar-refractivity contribution is 6.35. The zero-order valence-corrected chi connectivity index (χ0v) is 13.2. The molecule has 0 radical (unpaired) electrons. The zero-order valence-electron chi connectivity index (χ0n) is 13.2. The van der Waals surface area contributed by atoms with Crippen LogP contribution in [0.5, 0.6) is 0 Å². The molecule has 1 aromatic rings. The van der Waals surface area contributed by atoms with Gasteiger partial charge in [0.25, 0.3) is 0 Å². The predicted octanol–water partition coefficient (Wildman–Crippen LogP) is 2.94. The van der Waals surface area contributed by atoms with Gasteiger partial charge in [0.15, 0.2) is 5.78 Å². The second-order valence-corrected chi connectivity index (χ2v) is 5.24. The number of benzene rings is 1. The number of hydrogen-bond acceptors (Lipinski definition) is 4. The van der Waals surface area contributed by atoms with E-state index in [1.165, 1.54) is 0 Å². The van der Waals surface area contributed by atoms with Crippen molar-refractivity contribution in [3.8, 4) is 0 Å². The normalized spacial score (nSPS) is 15.8. The summed E-state index contributed by atoms with van der Waals surface area (Å²) < 4.78 is 10.6. The summed E-state index contributed by atoms with van der Waals surface area (Å²) in [5.41, 5.74) is 3.55. The quantitative estimate of drug-likeness (QED) is 0.599. The van der Waals surface area contributed by atoms with Gasteiger partial charge in [-0.2, -0.15) is 0 Å². The smallest absolute Gasteiger partial charge is 0.222 e. The summed E-state index contributed by atoms with van der Waals surface area (Å²) in [5, 5.41) is 0. The molecule has 0 bridgehead atoms. The van der Waals surface area contributed by atoms with Gasteiger partial charge in [-0.25, -0.2) is 0 Å². The van der Waals surface area contributed by atoms with Gasteiger partial charge in [-0.3, -0.25) is 9.59 Å². The lowest BCUT2D eigenvalue weighted by molar-refractivity contribution is -0.164. The highest BCUT2D eigenvalue weighted by Crippen LogP contribution is 2.39. The molecule has 0 saturated carbocycles. The van der Waals surface area contributed by atoms with Crippen LogP contribution in [0.25, 0.3) is 11.6 Å². The lowest BCUT2D eigenvalue weighted by Gasteiger charge is -2.19. The maximum atomic E-state index is 12.7. The first-order chi connectivity index (χ1) is 11.2. The summed E-state index contributed by atoms with van der Waals surface area (Å²) in [7, 11) is 0.